The van der Waals surface area contributed by atoms with Crippen LogP contribution in [0.25, 0.3) is 11.0 Å². The molecule has 0 bridgehead atoms. The van der Waals surface area contributed by atoms with Crippen molar-refractivity contribution >= 4 is 25.1 Å². The van der Waals surface area contributed by atoms with E-state index >= 15 is 0 Å². The fourth-order valence-corrected chi connectivity index (χ4v) is 6.48. The van der Waals surface area contributed by atoms with Gasteiger partial charge in [-0.15, -0.1) is 4.52 Å². The van der Waals surface area contributed by atoms with Gasteiger partial charge in [0.15, 0.2) is 17.7 Å². The lowest BCUT2D eigenvalue weighted by Gasteiger charge is -2.37. The van der Waals surface area contributed by atoms with Gasteiger partial charge in [0.05, 0.1) is 18.7 Å². The molecular weight excluding hydrogens is 631 g/mol. The van der Waals surface area contributed by atoms with Gasteiger partial charge in [0.2, 0.25) is 6.29 Å². The Balaban J connectivity index is 0.000000952. The number of nitrogens with one attached hydrogen (secondary N) is 1. The quantitative estimate of drug-likeness (QED) is 0.144. The van der Waals surface area contributed by atoms with Crippen molar-refractivity contribution in [3.63, 3.8) is 0 Å². The van der Waals surface area contributed by atoms with Gasteiger partial charge in [-0.25, -0.2) is 14.6 Å². The minimum absolute atomic E-state index is 0.513. The summed E-state index contributed by atoms with van der Waals surface area (Å²) in [4.78, 5) is 11.3. The van der Waals surface area contributed by atoms with Gasteiger partial charge in [0.25, 0.3) is 0 Å². The van der Waals surface area contributed by atoms with Gasteiger partial charge < -0.3 is 24.4 Å². The maximum Gasteiger partial charge on any atom is 0.699 e. The molecule has 1 unspecified atom stereocenters. The zero-order valence-electron chi connectivity index (χ0n) is 27.8. The smallest absolute Gasteiger partial charge is 0.352 e. The molecule has 1 N–H and O–H groups in total. The second-order valence-corrected chi connectivity index (χ2v) is 13.4. The molecule has 48 heavy (non-hydrogen) atoms. The summed E-state index contributed by atoms with van der Waals surface area (Å²) in [5, 5.41) is 9.16. The zero-order chi connectivity index (χ0) is 33.9. The number of hydrogen-bond acceptors (Lipinski definition) is 11. The minimum atomic E-state index is -2.42. The Labute approximate surface area is 280 Å². The molecule has 0 aliphatic carbocycles. The highest BCUT2D eigenvalue weighted by Gasteiger charge is 2.59. The van der Waals surface area contributed by atoms with Crippen LogP contribution in [0.1, 0.15) is 36.8 Å². The molecule has 4 heterocycles. The number of hydrogen-bond donors (Lipinski definition) is 1. The first-order valence-corrected chi connectivity index (χ1v) is 16.7. The number of rotatable bonds is 9. The van der Waals surface area contributed by atoms with Crippen molar-refractivity contribution in [2.45, 2.75) is 49.9 Å². The van der Waals surface area contributed by atoms with Crippen molar-refractivity contribution in [1.29, 1.82) is 0 Å². The Kier molecular flexibility index (Phi) is 9.95. The van der Waals surface area contributed by atoms with E-state index in [4.69, 9.17) is 28.2 Å². The number of anilines is 1. The molecule has 0 spiro atoms. The second-order valence-electron chi connectivity index (χ2n) is 12.3. The van der Waals surface area contributed by atoms with Crippen LogP contribution in [-0.2, 0) is 33.4 Å². The standard InChI is InChI=1S/C32H31N5O6P.C3H9N/c1-31(2)41-25-26(42-31)30(43-44(38)39-3)40-29(25)37-28-24(19-35-37)27(33-20-34-28)36-32(21-13-7-4-8-14-21,22-15-9-5-10-16-22)23-17-11-6-12-18-23;1-4(2)3/h4-20,25-26,29-30H,1-3H3,(H,33,34,36);1-3H3/q+1;/t25-,26-,29-,30-;/m1./s1. The van der Waals surface area contributed by atoms with E-state index in [1.165, 1.54) is 13.4 Å². The SMILES string of the molecule is CN(C)C.CO[P+](=O)O[C@H]1O[C@@H](n2ncc3c(NC(c4ccccc4)(c4ccccc4)c4ccccc4)ncnc32)[C@@H]2OC(C)(C)O[C@@H]12. The molecule has 2 fully saturated rings. The summed E-state index contributed by atoms with van der Waals surface area (Å²) in [5.74, 6) is -0.338. The molecule has 12 nitrogen and oxygen atoms in total. The normalized spacial score (nSPS) is 21.9. The number of benzene rings is 3. The van der Waals surface area contributed by atoms with E-state index in [-0.39, 0.29) is 0 Å². The van der Waals surface area contributed by atoms with E-state index in [2.05, 4.69) is 51.8 Å². The van der Waals surface area contributed by atoms with E-state index in [0.29, 0.717) is 16.9 Å². The molecule has 5 aromatic rings. The Morgan fingerprint density at radius 1 is 0.854 bits per heavy atom. The maximum absolute atomic E-state index is 12.1. The highest BCUT2D eigenvalue weighted by atomic mass is 31.1. The summed E-state index contributed by atoms with van der Waals surface area (Å²) >= 11 is 0. The van der Waals surface area contributed by atoms with Gasteiger partial charge in [-0.2, -0.15) is 5.10 Å². The van der Waals surface area contributed by atoms with Crippen LogP contribution >= 0.6 is 8.25 Å². The van der Waals surface area contributed by atoms with Crippen molar-refractivity contribution in [2.75, 3.05) is 33.6 Å². The molecule has 2 saturated heterocycles. The molecule has 0 amide bonds. The van der Waals surface area contributed by atoms with E-state index in [1.54, 1.807) is 24.7 Å². The zero-order valence-corrected chi connectivity index (χ0v) is 28.7. The third kappa shape index (κ3) is 6.74. The second kappa shape index (κ2) is 14.2. The Morgan fingerprint density at radius 3 is 1.90 bits per heavy atom. The number of aromatic nitrogens is 4. The third-order valence-electron chi connectivity index (χ3n) is 7.88. The minimum Gasteiger partial charge on any atom is -0.352 e. The van der Waals surface area contributed by atoms with Gasteiger partial charge in [-0.05, 0) is 51.7 Å². The first-order valence-electron chi connectivity index (χ1n) is 15.6. The van der Waals surface area contributed by atoms with Crippen LogP contribution in [0, 0.1) is 0 Å². The van der Waals surface area contributed by atoms with Crippen molar-refractivity contribution < 1.29 is 27.8 Å². The average Bonchev–Trinajstić information content (AvgIpc) is 3.76. The highest BCUT2D eigenvalue weighted by Crippen LogP contribution is 2.47. The third-order valence-corrected chi connectivity index (χ3v) is 8.56. The summed E-state index contributed by atoms with van der Waals surface area (Å²) in [5.41, 5.74) is 2.80. The molecule has 0 radical (unpaired) electrons. The monoisotopic (exact) mass is 671 g/mol. The topological polar surface area (TPSA) is 122 Å². The van der Waals surface area contributed by atoms with Crippen LogP contribution in [0.3, 0.4) is 0 Å². The van der Waals surface area contributed by atoms with Gasteiger partial charge >= 0.3 is 8.25 Å². The Hall–Kier alpha value is -4.13. The largest absolute Gasteiger partial charge is 0.699 e. The molecule has 5 atom stereocenters. The molecule has 2 aliphatic heterocycles. The molecule has 250 valence electrons. The summed E-state index contributed by atoms with van der Waals surface area (Å²) < 4.78 is 42.6. The summed E-state index contributed by atoms with van der Waals surface area (Å²) in [7, 11) is 4.88. The van der Waals surface area contributed by atoms with Gasteiger partial charge in [0, 0.05) is 4.57 Å². The first-order chi connectivity index (χ1) is 23.1. The lowest BCUT2D eigenvalue weighted by molar-refractivity contribution is -0.225. The van der Waals surface area contributed by atoms with Crippen LogP contribution < -0.4 is 5.32 Å². The molecule has 0 saturated carbocycles. The predicted octanol–water partition coefficient (Wildman–Crippen LogP) is 6.10. The number of nitrogens with zero attached hydrogens (tertiary/aromatic N) is 5. The number of fused-ring (bicyclic) bond motifs is 2. The van der Waals surface area contributed by atoms with Gasteiger partial charge in [0.1, 0.15) is 29.9 Å². The van der Waals surface area contributed by atoms with E-state index in [0.717, 1.165) is 16.7 Å². The van der Waals surface area contributed by atoms with Crippen molar-refractivity contribution in [2.24, 2.45) is 0 Å². The van der Waals surface area contributed by atoms with Crippen LogP contribution in [0.4, 0.5) is 5.82 Å². The van der Waals surface area contributed by atoms with Crippen molar-refractivity contribution in [1.82, 2.24) is 24.6 Å². The summed E-state index contributed by atoms with van der Waals surface area (Å²) in [6.07, 6.45) is 0.135. The van der Waals surface area contributed by atoms with E-state index in [1.807, 2.05) is 80.6 Å². The predicted molar refractivity (Wildman–Crippen MR) is 181 cm³/mol. The fraction of sp³-hybridized carbons (Fsp3) is 0.343. The van der Waals surface area contributed by atoms with Crippen LogP contribution in [0.5, 0.6) is 0 Å². The van der Waals surface area contributed by atoms with Gasteiger partial charge in [-0.1, -0.05) is 95.5 Å². The molecule has 3 aromatic carbocycles. The average molecular weight is 672 g/mol. The fourth-order valence-electron chi connectivity index (χ4n) is 6.06. The van der Waals surface area contributed by atoms with Gasteiger partial charge in [-0.3, -0.25) is 0 Å². The number of ether oxygens (including phenoxy) is 3. The van der Waals surface area contributed by atoms with Crippen LogP contribution in [-0.4, -0.2) is 77.2 Å². The molecule has 7 rings (SSSR count). The maximum atomic E-state index is 12.1. The molecule has 2 aliphatic rings. The van der Waals surface area contributed by atoms with E-state index < -0.39 is 44.3 Å². The first kappa shape index (κ1) is 33.8. The summed E-state index contributed by atoms with van der Waals surface area (Å²) in [6, 6.07) is 30.8. The van der Waals surface area contributed by atoms with E-state index in [9.17, 15) is 4.57 Å². The summed E-state index contributed by atoms with van der Waals surface area (Å²) in [6.45, 7) is 3.61. The lowest BCUT2D eigenvalue weighted by Crippen LogP contribution is -2.38. The Morgan fingerprint density at radius 2 is 1.38 bits per heavy atom. The van der Waals surface area contributed by atoms with Crippen LogP contribution in [0.2, 0.25) is 0 Å². The Bertz CT molecular complexity index is 1730. The van der Waals surface area contributed by atoms with Crippen molar-refractivity contribution in [3.05, 3.63) is 120 Å². The lowest BCUT2D eigenvalue weighted by atomic mass is 9.77. The highest BCUT2D eigenvalue weighted by molar-refractivity contribution is 7.33. The molecular formula is C35H40N6O6P+. The van der Waals surface area contributed by atoms with Crippen molar-refractivity contribution in [3.8, 4) is 0 Å². The van der Waals surface area contributed by atoms with Crippen LogP contribution in [0.15, 0.2) is 104 Å². The molecule has 13 heteroatoms. The molecule has 2 aromatic heterocycles.